The van der Waals surface area contributed by atoms with E-state index in [4.69, 9.17) is 27.9 Å². The minimum Gasteiger partial charge on any atom is -0.485 e. The number of pyridine rings is 1. The van der Waals surface area contributed by atoms with Gasteiger partial charge in [0.25, 0.3) is 0 Å². The Bertz CT molecular complexity index is 876. The number of anilines is 1. The van der Waals surface area contributed by atoms with Gasteiger partial charge >= 0.3 is 0 Å². The molecule has 0 unspecified atom stereocenters. The van der Waals surface area contributed by atoms with Crippen LogP contribution in [0.5, 0.6) is 5.75 Å². The Morgan fingerprint density at radius 1 is 1.25 bits per heavy atom. The van der Waals surface area contributed by atoms with Gasteiger partial charge in [-0.3, -0.25) is 0 Å². The van der Waals surface area contributed by atoms with E-state index >= 15 is 0 Å². The zero-order valence-electron chi connectivity index (χ0n) is 13.9. The fourth-order valence-electron chi connectivity index (χ4n) is 2.56. The van der Waals surface area contributed by atoms with Crippen molar-refractivity contribution >= 4 is 34.5 Å². The van der Waals surface area contributed by atoms with Crippen LogP contribution in [0.2, 0.25) is 10.0 Å². The molecule has 0 aliphatic heterocycles. The van der Waals surface area contributed by atoms with E-state index in [2.05, 4.69) is 16.8 Å². The minimum absolute atomic E-state index is 0.286. The predicted molar refractivity (Wildman–Crippen MR) is 99.7 cm³/mol. The van der Waals surface area contributed by atoms with Crippen molar-refractivity contribution in [1.29, 1.82) is 0 Å². The van der Waals surface area contributed by atoms with Gasteiger partial charge in [0.1, 0.15) is 6.61 Å². The quantitative estimate of drug-likeness (QED) is 0.639. The molecule has 2 heterocycles. The number of aryl methyl sites for hydroxylation is 1. The zero-order chi connectivity index (χ0) is 17.3. The maximum Gasteiger partial charge on any atom is 0.179 e. The Balaban J connectivity index is 1.91. The van der Waals surface area contributed by atoms with Crippen molar-refractivity contribution in [3.05, 3.63) is 58.0 Å². The first-order valence-corrected chi connectivity index (χ1v) is 8.52. The minimum atomic E-state index is 0.286. The monoisotopic (exact) mass is 363 g/mol. The summed E-state index contributed by atoms with van der Waals surface area (Å²) in [5.74, 6) is 0.701. The standard InChI is InChI=1S/C18H19Cl2N3O/c1-4-22(3)15-8-7-14(19)13(17(15)20)11-24-16-6-5-9-23-10-12(2)21-18(16)23/h5-10H,4,11H2,1-3H3. The van der Waals surface area contributed by atoms with E-state index in [-0.39, 0.29) is 6.61 Å². The molecule has 4 nitrogen and oxygen atoms in total. The highest BCUT2D eigenvalue weighted by Gasteiger charge is 2.14. The number of hydrogen-bond acceptors (Lipinski definition) is 3. The van der Waals surface area contributed by atoms with Crippen LogP contribution in [0, 0.1) is 6.92 Å². The van der Waals surface area contributed by atoms with Crippen molar-refractivity contribution in [2.45, 2.75) is 20.5 Å². The number of ether oxygens (including phenoxy) is 1. The van der Waals surface area contributed by atoms with Crippen molar-refractivity contribution in [3.8, 4) is 5.75 Å². The molecule has 1 aromatic carbocycles. The van der Waals surface area contributed by atoms with Gasteiger partial charge < -0.3 is 14.0 Å². The average Bonchev–Trinajstić information content (AvgIpc) is 2.95. The molecule has 0 aliphatic rings. The van der Waals surface area contributed by atoms with Crippen molar-refractivity contribution < 1.29 is 4.74 Å². The fourth-order valence-corrected chi connectivity index (χ4v) is 3.18. The van der Waals surface area contributed by atoms with E-state index in [0.717, 1.165) is 29.1 Å². The molecule has 0 saturated carbocycles. The third kappa shape index (κ3) is 3.17. The highest BCUT2D eigenvalue weighted by molar-refractivity contribution is 6.37. The topological polar surface area (TPSA) is 29.8 Å². The second kappa shape index (κ2) is 6.91. The molecule has 0 saturated heterocycles. The summed E-state index contributed by atoms with van der Waals surface area (Å²) < 4.78 is 7.92. The first-order chi connectivity index (χ1) is 11.5. The molecule has 3 rings (SSSR count). The van der Waals surface area contributed by atoms with Crippen molar-refractivity contribution in [2.24, 2.45) is 0 Å². The molecule has 0 amide bonds. The first-order valence-electron chi connectivity index (χ1n) is 7.76. The lowest BCUT2D eigenvalue weighted by Crippen LogP contribution is -2.16. The van der Waals surface area contributed by atoms with Gasteiger partial charge in [-0.15, -0.1) is 0 Å². The van der Waals surface area contributed by atoms with Crippen LogP contribution in [0.1, 0.15) is 18.2 Å². The maximum absolute atomic E-state index is 6.55. The Labute approximate surface area is 151 Å². The summed E-state index contributed by atoms with van der Waals surface area (Å²) in [6, 6.07) is 7.60. The second-order valence-electron chi connectivity index (χ2n) is 5.65. The number of halogens is 2. The first kappa shape index (κ1) is 16.9. The van der Waals surface area contributed by atoms with E-state index in [0.29, 0.717) is 15.8 Å². The third-order valence-electron chi connectivity index (χ3n) is 3.99. The summed E-state index contributed by atoms with van der Waals surface area (Å²) in [6.45, 7) is 5.17. The lowest BCUT2D eigenvalue weighted by molar-refractivity contribution is 0.308. The SMILES string of the molecule is CCN(C)c1ccc(Cl)c(COc2cccn3cc(C)nc23)c1Cl. The molecule has 0 spiro atoms. The van der Waals surface area contributed by atoms with Gasteiger partial charge in [-0.1, -0.05) is 23.2 Å². The van der Waals surface area contributed by atoms with Crippen molar-refractivity contribution in [1.82, 2.24) is 9.38 Å². The van der Waals surface area contributed by atoms with Crippen LogP contribution in [0.15, 0.2) is 36.7 Å². The summed E-state index contributed by atoms with van der Waals surface area (Å²) in [4.78, 5) is 6.56. The van der Waals surface area contributed by atoms with E-state index in [1.54, 1.807) is 0 Å². The Hall–Kier alpha value is -1.91. The molecule has 0 aliphatic carbocycles. The normalized spacial score (nSPS) is 11.0. The van der Waals surface area contributed by atoms with E-state index in [9.17, 15) is 0 Å². The Morgan fingerprint density at radius 2 is 2.04 bits per heavy atom. The molecule has 126 valence electrons. The number of fused-ring (bicyclic) bond motifs is 1. The van der Waals surface area contributed by atoms with Crippen LogP contribution >= 0.6 is 23.2 Å². The summed E-state index contributed by atoms with van der Waals surface area (Å²) in [5.41, 5.74) is 3.44. The summed E-state index contributed by atoms with van der Waals surface area (Å²) in [6.07, 6.45) is 3.90. The van der Waals surface area contributed by atoms with E-state index < -0.39 is 0 Å². The molecular formula is C18H19Cl2N3O. The lowest BCUT2D eigenvalue weighted by Gasteiger charge is -2.21. The number of hydrogen-bond donors (Lipinski definition) is 0. The molecule has 0 fully saturated rings. The van der Waals surface area contributed by atoms with E-state index in [1.165, 1.54) is 0 Å². The van der Waals surface area contributed by atoms with Gasteiger partial charge in [-0.2, -0.15) is 0 Å². The molecule has 2 aromatic heterocycles. The summed E-state index contributed by atoms with van der Waals surface area (Å²) in [5, 5.41) is 1.22. The summed E-state index contributed by atoms with van der Waals surface area (Å²) >= 11 is 12.9. The molecule has 0 atom stereocenters. The highest BCUT2D eigenvalue weighted by atomic mass is 35.5. The number of benzene rings is 1. The third-order valence-corrected chi connectivity index (χ3v) is 4.77. The smallest absolute Gasteiger partial charge is 0.179 e. The molecule has 0 bridgehead atoms. The van der Waals surface area contributed by atoms with Gasteiger partial charge in [-0.05, 0) is 38.1 Å². The Kier molecular flexibility index (Phi) is 4.88. The molecule has 24 heavy (non-hydrogen) atoms. The van der Waals surface area contributed by atoms with Gasteiger partial charge in [0.05, 0.1) is 16.4 Å². The van der Waals surface area contributed by atoms with Crippen molar-refractivity contribution in [3.63, 3.8) is 0 Å². The molecule has 6 heteroatoms. The molecule has 3 aromatic rings. The number of nitrogens with zero attached hydrogens (tertiary/aromatic N) is 3. The average molecular weight is 364 g/mol. The van der Waals surface area contributed by atoms with Crippen LogP contribution in [-0.2, 0) is 6.61 Å². The predicted octanol–water partition coefficient (Wildman–Crippen LogP) is 4.98. The molecule has 0 N–H and O–H groups in total. The largest absolute Gasteiger partial charge is 0.485 e. The zero-order valence-corrected chi connectivity index (χ0v) is 15.4. The lowest BCUT2D eigenvalue weighted by atomic mass is 10.2. The number of aromatic nitrogens is 2. The Morgan fingerprint density at radius 3 is 2.79 bits per heavy atom. The van der Waals surface area contributed by atoms with Crippen LogP contribution in [-0.4, -0.2) is 23.0 Å². The van der Waals surface area contributed by atoms with Crippen LogP contribution in [0.3, 0.4) is 0 Å². The van der Waals surface area contributed by atoms with Crippen LogP contribution in [0.25, 0.3) is 5.65 Å². The van der Waals surface area contributed by atoms with Gasteiger partial charge in [0, 0.05) is 36.6 Å². The van der Waals surface area contributed by atoms with Gasteiger partial charge in [0.15, 0.2) is 11.4 Å². The maximum atomic E-state index is 6.55. The number of imidazole rings is 1. The summed E-state index contributed by atoms with van der Waals surface area (Å²) in [7, 11) is 1.99. The number of rotatable bonds is 5. The van der Waals surface area contributed by atoms with E-state index in [1.807, 2.05) is 55.0 Å². The highest BCUT2D eigenvalue weighted by Crippen LogP contribution is 2.34. The van der Waals surface area contributed by atoms with Crippen molar-refractivity contribution in [2.75, 3.05) is 18.5 Å². The van der Waals surface area contributed by atoms with Gasteiger partial charge in [-0.25, -0.2) is 4.98 Å². The molecular weight excluding hydrogens is 345 g/mol. The van der Waals surface area contributed by atoms with Gasteiger partial charge in [0.2, 0.25) is 0 Å². The van der Waals surface area contributed by atoms with Crippen LogP contribution in [0.4, 0.5) is 5.69 Å². The fraction of sp³-hybridized carbons (Fsp3) is 0.278. The second-order valence-corrected chi connectivity index (χ2v) is 6.43. The molecule has 0 radical (unpaired) electrons. The van der Waals surface area contributed by atoms with Crippen LogP contribution < -0.4 is 9.64 Å².